The molecule has 4 nitrogen and oxygen atoms in total. The third-order valence-electron chi connectivity index (χ3n) is 3.02. The van der Waals surface area contributed by atoms with Crippen LogP contribution in [0.5, 0.6) is 0 Å². The fourth-order valence-corrected chi connectivity index (χ4v) is 1.83. The van der Waals surface area contributed by atoms with Crippen LogP contribution < -0.4 is 10.6 Å². The van der Waals surface area contributed by atoms with Gasteiger partial charge in [-0.2, -0.15) is 0 Å². The second-order valence-electron chi connectivity index (χ2n) is 4.19. The minimum atomic E-state index is 0.411. The van der Waals surface area contributed by atoms with E-state index in [9.17, 15) is 0 Å². The van der Waals surface area contributed by atoms with E-state index >= 15 is 0 Å². The largest absolute Gasteiger partial charge is 0.373 e. The molecule has 0 saturated heterocycles. The Kier molecular flexibility index (Phi) is 5.55. The monoisotopic (exact) mass is 254 g/mol. The van der Waals surface area contributed by atoms with E-state index in [0.717, 1.165) is 23.2 Å². The van der Waals surface area contributed by atoms with Crippen LogP contribution in [0, 0.1) is 5.92 Å². The van der Waals surface area contributed by atoms with Gasteiger partial charge in [0.05, 0.1) is 0 Å². The average molecular weight is 254 g/mol. The van der Waals surface area contributed by atoms with Crippen LogP contribution in [0.4, 0.5) is 11.6 Å². The van der Waals surface area contributed by atoms with E-state index in [4.69, 9.17) is 0 Å². The smallest absolute Gasteiger partial charge is 0.191 e. The molecule has 2 atom stereocenters. The Morgan fingerprint density at radius 3 is 2.47 bits per heavy atom. The van der Waals surface area contributed by atoms with Crippen LogP contribution in [0.25, 0.3) is 0 Å². The van der Waals surface area contributed by atoms with Crippen molar-refractivity contribution in [2.24, 2.45) is 5.92 Å². The van der Waals surface area contributed by atoms with E-state index in [2.05, 4.69) is 41.4 Å². The van der Waals surface area contributed by atoms with Gasteiger partial charge in [0.25, 0.3) is 0 Å². The van der Waals surface area contributed by atoms with Gasteiger partial charge in [-0.15, -0.1) is 0 Å². The van der Waals surface area contributed by atoms with Gasteiger partial charge < -0.3 is 10.6 Å². The molecule has 0 bridgehead atoms. The van der Waals surface area contributed by atoms with Crippen molar-refractivity contribution in [3.8, 4) is 0 Å². The van der Waals surface area contributed by atoms with Crippen molar-refractivity contribution in [3.63, 3.8) is 0 Å². The number of nitrogens with one attached hydrogen (secondary N) is 2. The van der Waals surface area contributed by atoms with Gasteiger partial charge in [-0.3, -0.25) is 0 Å². The van der Waals surface area contributed by atoms with E-state index < -0.39 is 0 Å². The second kappa shape index (κ2) is 6.69. The summed E-state index contributed by atoms with van der Waals surface area (Å²) in [6.45, 7) is 6.64. The van der Waals surface area contributed by atoms with Crippen molar-refractivity contribution in [2.75, 3.05) is 23.9 Å². The summed E-state index contributed by atoms with van der Waals surface area (Å²) in [6, 6.07) is 2.35. The predicted molar refractivity (Wildman–Crippen MR) is 75.9 cm³/mol. The molecule has 1 aromatic rings. The van der Waals surface area contributed by atoms with Gasteiger partial charge >= 0.3 is 0 Å². The second-order valence-corrected chi connectivity index (χ2v) is 4.97. The first-order chi connectivity index (χ1) is 8.10. The Balaban J connectivity index is 2.82. The average Bonchev–Trinajstić information content (AvgIpc) is 2.36. The number of thioether (sulfide) groups is 1. The minimum Gasteiger partial charge on any atom is -0.373 e. The van der Waals surface area contributed by atoms with Crippen LogP contribution in [0.2, 0.25) is 0 Å². The molecule has 0 aliphatic rings. The normalized spacial score (nSPS) is 14.2. The number of nitrogens with zero attached hydrogens (tertiary/aromatic N) is 2. The third kappa shape index (κ3) is 4.07. The lowest BCUT2D eigenvalue weighted by atomic mass is 10.0. The van der Waals surface area contributed by atoms with Gasteiger partial charge in [0, 0.05) is 19.2 Å². The minimum absolute atomic E-state index is 0.411. The maximum absolute atomic E-state index is 4.46. The maximum atomic E-state index is 4.46. The fourth-order valence-electron chi connectivity index (χ4n) is 1.45. The standard InChI is InChI=1S/C12H22N4S/c1-6-8(2)9(3)14-11-7-10(13-4)15-12(16-11)17-5/h7-9H,6H2,1-5H3,(H2,13,14,15,16). The molecule has 2 N–H and O–H groups in total. The molecular weight excluding hydrogens is 232 g/mol. The SMILES string of the molecule is CCC(C)C(C)Nc1cc(NC)nc(SC)n1. The molecule has 0 aromatic carbocycles. The predicted octanol–water partition coefficient (Wildman–Crippen LogP) is 3.09. The third-order valence-corrected chi connectivity index (χ3v) is 3.57. The summed E-state index contributed by atoms with van der Waals surface area (Å²) < 4.78 is 0. The van der Waals surface area contributed by atoms with Crippen molar-refractivity contribution >= 4 is 23.4 Å². The zero-order valence-electron chi connectivity index (χ0n) is 11.2. The lowest BCUT2D eigenvalue weighted by Gasteiger charge is -2.20. The van der Waals surface area contributed by atoms with E-state index in [1.54, 1.807) is 11.8 Å². The quantitative estimate of drug-likeness (QED) is 0.603. The summed E-state index contributed by atoms with van der Waals surface area (Å²) in [4.78, 5) is 8.80. The Morgan fingerprint density at radius 2 is 1.94 bits per heavy atom. The summed E-state index contributed by atoms with van der Waals surface area (Å²) in [7, 11) is 1.87. The molecule has 1 aromatic heterocycles. The molecule has 0 amide bonds. The lowest BCUT2D eigenvalue weighted by molar-refractivity contribution is 0.493. The molecular formula is C12H22N4S. The Labute approximate surface area is 108 Å². The van der Waals surface area contributed by atoms with Crippen molar-refractivity contribution in [3.05, 3.63) is 6.07 Å². The summed E-state index contributed by atoms with van der Waals surface area (Å²) in [5.41, 5.74) is 0. The fraction of sp³-hybridized carbons (Fsp3) is 0.667. The molecule has 17 heavy (non-hydrogen) atoms. The number of anilines is 2. The molecule has 0 spiro atoms. The molecule has 5 heteroatoms. The first kappa shape index (κ1) is 14.1. The van der Waals surface area contributed by atoms with Crippen molar-refractivity contribution < 1.29 is 0 Å². The van der Waals surface area contributed by atoms with Gasteiger partial charge in [0.2, 0.25) is 0 Å². The van der Waals surface area contributed by atoms with E-state index in [-0.39, 0.29) is 0 Å². The Hall–Kier alpha value is -0.970. The number of aromatic nitrogens is 2. The van der Waals surface area contributed by atoms with Crippen molar-refractivity contribution in [1.29, 1.82) is 0 Å². The van der Waals surface area contributed by atoms with Crippen LogP contribution in [-0.4, -0.2) is 29.3 Å². The summed E-state index contributed by atoms with van der Waals surface area (Å²) in [6.07, 6.45) is 3.14. The van der Waals surface area contributed by atoms with Crippen LogP contribution in [-0.2, 0) is 0 Å². The molecule has 0 aliphatic carbocycles. The van der Waals surface area contributed by atoms with E-state index in [1.807, 2.05) is 19.4 Å². The molecule has 2 unspecified atom stereocenters. The van der Waals surface area contributed by atoms with Gasteiger partial charge in [-0.25, -0.2) is 9.97 Å². The molecule has 0 aliphatic heterocycles. The summed E-state index contributed by atoms with van der Waals surface area (Å²) in [5.74, 6) is 2.37. The lowest BCUT2D eigenvalue weighted by Crippen LogP contribution is -2.24. The topological polar surface area (TPSA) is 49.8 Å². The highest BCUT2D eigenvalue weighted by Crippen LogP contribution is 2.19. The van der Waals surface area contributed by atoms with Gasteiger partial charge in [0.1, 0.15) is 11.6 Å². The van der Waals surface area contributed by atoms with E-state index in [1.165, 1.54) is 0 Å². The van der Waals surface area contributed by atoms with Crippen LogP contribution in [0.1, 0.15) is 27.2 Å². The summed E-state index contributed by atoms with van der Waals surface area (Å²) in [5, 5.41) is 7.28. The number of hydrogen-bond acceptors (Lipinski definition) is 5. The van der Waals surface area contributed by atoms with Gasteiger partial charge in [0.15, 0.2) is 5.16 Å². The van der Waals surface area contributed by atoms with Crippen LogP contribution in [0.3, 0.4) is 0 Å². The van der Waals surface area contributed by atoms with Crippen LogP contribution >= 0.6 is 11.8 Å². The molecule has 1 heterocycles. The van der Waals surface area contributed by atoms with E-state index in [0.29, 0.717) is 12.0 Å². The maximum Gasteiger partial charge on any atom is 0.191 e. The first-order valence-electron chi connectivity index (χ1n) is 5.98. The summed E-state index contributed by atoms with van der Waals surface area (Å²) >= 11 is 1.55. The molecule has 0 radical (unpaired) electrons. The molecule has 96 valence electrons. The highest BCUT2D eigenvalue weighted by Gasteiger charge is 2.11. The zero-order chi connectivity index (χ0) is 12.8. The van der Waals surface area contributed by atoms with Crippen molar-refractivity contribution in [2.45, 2.75) is 38.4 Å². The highest BCUT2D eigenvalue weighted by atomic mass is 32.2. The van der Waals surface area contributed by atoms with Gasteiger partial charge in [-0.1, -0.05) is 32.0 Å². The highest BCUT2D eigenvalue weighted by molar-refractivity contribution is 7.98. The van der Waals surface area contributed by atoms with Crippen molar-refractivity contribution in [1.82, 2.24) is 9.97 Å². The molecule has 0 saturated carbocycles. The number of hydrogen-bond donors (Lipinski definition) is 2. The van der Waals surface area contributed by atoms with Crippen LogP contribution in [0.15, 0.2) is 11.2 Å². The molecule has 1 rings (SSSR count). The Morgan fingerprint density at radius 1 is 1.29 bits per heavy atom. The first-order valence-corrected chi connectivity index (χ1v) is 7.20. The molecule has 0 fully saturated rings. The number of rotatable bonds is 6. The van der Waals surface area contributed by atoms with Gasteiger partial charge in [-0.05, 0) is 19.1 Å². The zero-order valence-corrected chi connectivity index (χ0v) is 12.1. The Bertz CT molecular complexity index is 334.